The fourth-order valence-corrected chi connectivity index (χ4v) is 1.03. The Balaban J connectivity index is 0. The predicted octanol–water partition coefficient (Wildman–Crippen LogP) is 2.14. The molecule has 0 bridgehead atoms. The summed E-state index contributed by atoms with van der Waals surface area (Å²) >= 11 is 0. The van der Waals surface area contributed by atoms with E-state index in [1.807, 2.05) is 13.8 Å². The van der Waals surface area contributed by atoms with E-state index in [-0.39, 0.29) is 0 Å². The summed E-state index contributed by atoms with van der Waals surface area (Å²) in [5, 5.41) is 0. The Kier molecular flexibility index (Phi) is 25.5. The van der Waals surface area contributed by atoms with E-state index in [1.54, 1.807) is 7.11 Å². The fraction of sp³-hybridized carbons (Fsp3) is 1.00. The molecule has 0 atom stereocenters. The van der Waals surface area contributed by atoms with Gasteiger partial charge in [-0.25, -0.2) is 0 Å². The Labute approximate surface area is 118 Å². The molecule has 0 N–H and O–H groups in total. The molecule has 0 radical (unpaired) electrons. The van der Waals surface area contributed by atoms with Gasteiger partial charge in [0.05, 0.1) is 39.6 Å². The molecule has 0 unspecified atom stereocenters. The van der Waals surface area contributed by atoms with Gasteiger partial charge >= 0.3 is 0 Å². The van der Waals surface area contributed by atoms with Gasteiger partial charge in [0.1, 0.15) is 0 Å². The maximum atomic E-state index is 5.27. The Morgan fingerprint density at radius 2 is 0.947 bits per heavy atom. The second kappa shape index (κ2) is 22.9. The SMILES string of the molecule is CCCOCCOCCOCCOC.CCOCC. The molecule has 0 amide bonds. The van der Waals surface area contributed by atoms with E-state index < -0.39 is 0 Å². The zero-order valence-corrected chi connectivity index (χ0v) is 13.1. The molecule has 0 aromatic rings. The number of rotatable bonds is 13. The molecule has 0 aromatic carbocycles. The van der Waals surface area contributed by atoms with Crippen LogP contribution in [0.1, 0.15) is 27.2 Å². The van der Waals surface area contributed by atoms with Crippen molar-refractivity contribution in [2.45, 2.75) is 27.2 Å². The highest BCUT2D eigenvalue weighted by Gasteiger charge is 1.90. The summed E-state index contributed by atoms with van der Waals surface area (Å²) in [6.07, 6.45) is 1.06. The lowest BCUT2D eigenvalue weighted by Crippen LogP contribution is -2.11. The quantitative estimate of drug-likeness (QED) is 0.484. The largest absolute Gasteiger partial charge is 0.382 e. The average molecular weight is 280 g/mol. The smallest absolute Gasteiger partial charge is 0.0701 e. The number of ether oxygens (including phenoxy) is 5. The van der Waals surface area contributed by atoms with E-state index in [2.05, 4.69) is 6.92 Å². The molecule has 5 nitrogen and oxygen atoms in total. The van der Waals surface area contributed by atoms with E-state index in [1.165, 1.54) is 0 Å². The van der Waals surface area contributed by atoms with Crippen LogP contribution in [0.2, 0.25) is 0 Å². The molecule has 0 aliphatic heterocycles. The molecular formula is C14H32O5. The van der Waals surface area contributed by atoms with Crippen LogP contribution in [-0.2, 0) is 23.7 Å². The number of hydrogen-bond acceptors (Lipinski definition) is 5. The maximum absolute atomic E-state index is 5.27. The molecule has 0 saturated heterocycles. The lowest BCUT2D eigenvalue weighted by Gasteiger charge is -2.05. The van der Waals surface area contributed by atoms with Crippen LogP contribution in [0.5, 0.6) is 0 Å². The van der Waals surface area contributed by atoms with Crippen molar-refractivity contribution in [2.75, 3.05) is 66.6 Å². The third-order valence-electron chi connectivity index (χ3n) is 1.93. The van der Waals surface area contributed by atoms with Crippen LogP contribution in [0.3, 0.4) is 0 Å². The topological polar surface area (TPSA) is 46.2 Å². The Morgan fingerprint density at radius 3 is 1.26 bits per heavy atom. The highest BCUT2D eigenvalue weighted by atomic mass is 16.6. The molecule has 0 fully saturated rings. The first-order valence-corrected chi connectivity index (χ1v) is 7.13. The minimum Gasteiger partial charge on any atom is -0.382 e. The van der Waals surface area contributed by atoms with E-state index in [0.717, 1.165) is 26.2 Å². The molecule has 0 aliphatic rings. The van der Waals surface area contributed by atoms with Gasteiger partial charge in [0.25, 0.3) is 0 Å². The minimum atomic E-state index is 0.622. The standard InChI is InChI=1S/C10H22O4.C4H10O/c1-3-4-12-7-8-14-10-9-13-6-5-11-2;1-3-5-4-2/h3-10H2,1-2H3;3-4H2,1-2H3. The average Bonchev–Trinajstić information content (AvgIpc) is 2.43. The van der Waals surface area contributed by atoms with Crippen LogP contribution in [-0.4, -0.2) is 66.6 Å². The van der Waals surface area contributed by atoms with Gasteiger partial charge < -0.3 is 23.7 Å². The maximum Gasteiger partial charge on any atom is 0.0701 e. The molecule has 118 valence electrons. The fourth-order valence-electron chi connectivity index (χ4n) is 1.03. The first-order valence-electron chi connectivity index (χ1n) is 7.13. The van der Waals surface area contributed by atoms with Crippen LogP contribution >= 0.6 is 0 Å². The summed E-state index contributed by atoms with van der Waals surface area (Å²) in [7, 11) is 1.66. The summed E-state index contributed by atoms with van der Waals surface area (Å²) in [6, 6.07) is 0. The van der Waals surface area contributed by atoms with E-state index in [0.29, 0.717) is 39.6 Å². The van der Waals surface area contributed by atoms with Crippen LogP contribution < -0.4 is 0 Å². The van der Waals surface area contributed by atoms with Crippen molar-refractivity contribution >= 4 is 0 Å². The molecule has 0 rings (SSSR count). The molecular weight excluding hydrogens is 248 g/mol. The molecule has 5 heteroatoms. The van der Waals surface area contributed by atoms with Gasteiger partial charge in [-0.2, -0.15) is 0 Å². The highest BCUT2D eigenvalue weighted by Crippen LogP contribution is 1.83. The van der Waals surface area contributed by atoms with Gasteiger partial charge in [-0.3, -0.25) is 0 Å². The van der Waals surface area contributed by atoms with Crippen molar-refractivity contribution in [3.05, 3.63) is 0 Å². The number of hydrogen-bond donors (Lipinski definition) is 0. The van der Waals surface area contributed by atoms with Crippen LogP contribution in [0, 0.1) is 0 Å². The Bertz CT molecular complexity index is 119. The van der Waals surface area contributed by atoms with Gasteiger partial charge in [-0.1, -0.05) is 6.92 Å². The highest BCUT2D eigenvalue weighted by molar-refractivity contribution is 4.33. The van der Waals surface area contributed by atoms with Crippen LogP contribution in [0.15, 0.2) is 0 Å². The van der Waals surface area contributed by atoms with Crippen molar-refractivity contribution in [1.82, 2.24) is 0 Å². The Morgan fingerprint density at radius 1 is 0.526 bits per heavy atom. The molecule has 0 spiro atoms. The van der Waals surface area contributed by atoms with Gasteiger partial charge in [0.15, 0.2) is 0 Å². The monoisotopic (exact) mass is 280 g/mol. The zero-order valence-electron chi connectivity index (χ0n) is 13.1. The molecule has 0 aliphatic carbocycles. The summed E-state index contributed by atoms with van der Waals surface area (Å²) in [6.45, 7) is 12.4. The predicted molar refractivity (Wildman–Crippen MR) is 76.8 cm³/mol. The van der Waals surface area contributed by atoms with Gasteiger partial charge in [0, 0.05) is 26.9 Å². The third-order valence-corrected chi connectivity index (χ3v) is 1.93. The molecule has 0 aromatic heterocycles. The third kappa shape index (κ3) is 27.1. The first kappa shape index (κ1) is 21.1. The van der Waals surface area contributed by atoms with Crippen molar-refractivity contribution in [3.63, 3.8) is 0 Å². The summed E-state index contributed by atoms with van der Waals surface area (Å²) < 4.78 is 25.4. The van der Waals surface area contributed by atoms with Crippen LogP contribution in [0.25, 0.3) is 0 Å². The molecule has 0 saturated carbocycles. The number of methoxy groups -OCH3 is 1. The molecule has 19 heavy (non-hydrogen) atoms. The minimum absolute atomic E-state index is 0.622. The van der Waals surface area contributed by atoms with E-state index in [9.17, 15) is 0 Å². The van der Waals surface area contributed by atoms with Gasteiger partial charge in [0.2, 0.25) is 0 Å². The summed E-state index contributed by atoms with van der Waals surface area (Å²) in [4.78, 5) is 0. The first-order chi connectivity index (χ1) is 9.33. The summed E-state index contributed by atoms with van der Waals surface area (Å²) in [5.74, 6) is 0. The van der Waals surface area contributed by atoms with E-state index >= 15 is 0 Å². The van der Waals surface area contributed by atoms with Gasteiger partial charge in [-0.05, 0) is 20.3 Å². The van der Waals surface area contributed by atoms with Crippen LogP contribution in [0.4, 0.5) is 0 Å². The van der Waals surface area contributed by atoms with Gasteiger partial charge in [-0.15, -0.1) is 0 Å². The zero-order chi connectivity index (χ0) is 14.6. The molecule has 0 heterocycles. The van der Waals surface area contributed by atoms with E-state index in [4.69, 9.17) is 23.7 Å². The Hall–Kier alpha value is -0.200. The lowest BCUT2D eigenvalue weighted by atomic mass is 10.5. The van der Waals surface area contributed by atoms with Crippen molar-refractivity contribution in [2.24, 2.45) is 0 Å². The van der Waals surface area contributed by atoms with Crippen molar-refractivity contribution in [1.29, 1.82) is 0 Å². The normalized spacial score (nSPS) is 10.1. The second-order valence-corrected chi connectivity index (χ2v) is 3.61. The lowest BCUT2D eigenvalue weighted by molar-refractivity contribution is 0.00377. The van der Waals surface area contributed by atoms with Crippen molar-refractivity contribution < 1.29 is 23.7 Å². The second-order valence-electron chi connectivity index (χ2n) is 3.61. The summed E-state index contributed by atoms with van der Waals surface area (Å²) in [5.41, 5.74) is 0. The van der Waals surface area contributed by atoms with Crippen molar-refractivity contribution in [3.8, 4) is 0 Å².